The quantitative estimate of drug-likeness (QED) is 0.570. The van der Waals surface area contributed by atoms with Crippen LogP contribution in [0.4, 0.5) is 0 Å². The van der Waals surface area contributed by atoms with Crippen LogP contribution in [0, 0.1) is 0 Å². The summed E-state index contributed by atoms with van der Waals surface area (Å²) in [4.78, 5) is 0.282. The normalized spacial score (nSPS) is 14.4. The number of hydrogen-bond acceptors (Lipinski definition) is 3. The molecule has 0 saturated carbocycles. The molecule has 0 aromatic heterocycles. The number of benzene rings is 1. The third kappa shape index (κ3) is 3.52. The number of hydrogen-bond donors (Lipinski definition) is 3. The monoisotopic (exact) mass is 303 g/mol. The van der Waals surface area contributed by atoms with Gasteiger partial charge in [-0.15, -0.1) is 0 Å². The fourth-order valence-electron chi connectivity index (χ4n) is 1.37. The lowest BCUT2D eigenvalue weighted by atomic mass is 10.0. The summed E-state index contributed by atoms with van der Waals surface area (Å²) in [7, 11) is 0. The molecule has 0 bridgehead atoms. The highest BCUT2D eigenvalue weighted by atomic mass is 79.9. The Morgan fingerprint density at radius 2 is 2.12 bits per heavy atom. The van der Waals surface area contributed by atoms with E-state index in [-0.39, 0.29) is 4.99 Å². The molecule has 0 radical (unpaired) electrons. The van der Waals surface area contributed by atoms with Gasteiger partial charge in [-0.2, -0.15) is 0 Å². The number of nitrogens with two attached hydrogens (primary N) is 1. The van der Waals surface area contributed by atoms with Gasteiger partial charge in [-0.25, -0.2) is 0 Å². The van der Waals surface area contributed by atoms with Crippen LogP contribution in [0.25, 0.3) is 0 Å². The smallest absolute Gasteiger partial charge is 0.105 e. The van der Waals surface area contributed by atoms with E-state index < -0.39 is 12.2 Å². The zero-order chi connectivity index (χ0) is 12.1. The lowest BCUT2D eigenvalue weighted by Crippen LogP contribution is -2.19. The molecule has 0 heterocycles. The first-order valence-corrected chi connectivity index (χ1v) is 6.41. The van der Waals surface area contributed by atoms with Gasteiger partial charge in [-0.05, 0) is 18.1 Å². The Morgan fingerprint density at radius 3 is 2.69 bits per heavy atom. The Balaban J connectivity index is 2.86. The molecule has 88 valence electrons. The SMILES string of the molecule is NC(=S)c1cccc(C(O)C(O)CCBr)c1. The summed E-state index contributed by atoms with van der Waals surface area (Å²) in [6.45, 7) is 0. The van der Waals surface area contributed by atoms with Crippen LogP contribution in [0.1, 0.15) is 23.7 Å². The molecule has 0 saturated heterocycles. The summed E-state index contributed by atoms with van der Waals surface area (Å²) in [6.07, 6.45) is -1.22. The molecular weight excluding hydrogens is 290 g/mol. The molecule has 0 aliphatic rings. The van der Waals surface area contributed by atoms with E-state index in [9.17, 15) is 10.2 Å². The van der Waals surface area contributed by atoms with Gasteiger partial charge < -0.3 is 15.9 Å². The third-order valence-electron chi connectivity index (χ3n) is 2.28. The molecule has 16 heavy (non-hydrogen) atoms. The van der Waals surface area contributed by atoms with Crippen LogP contribution in [0.15, 0.2) is 24.3 Å². The molecule has 1 rings (SSSR count). The Kier molecular flexibility index (Phi) is 5.34. The summed E-state index contributed by atoms with van der Waals surface area (Å²) >= 11 is 8.07. The van der Waals surface area contributed by atoms with Gasteiger partial charge >= 0.3 is 0 Å². The Hall–Kier alpha value is -0.490. The molecule has 0 amide bonds. The van der Waals surface area contributed by atoms with Gasteiger partial charge in [-0.3, -0.25) is 0 Å². The zero-order valence-electron chi connectivity index (χ0n) is 8.64. The minimum Gasteiger partial charge on any atom is -0.390 e. The van der Waals surface area contributed by atoms with Crippen molar-refractivity contribution < 1.29 is 10.2 Å². The van der Waals surface area contributed by atoms with E-state index in [0.29, 0.717) is 22.9 Å². The fraction of sp³-hybridized carbons (Fsp3) is 0.364. The third-order valence-corrected chi connectivity index (χ3v) is 2.98. The van der Waals surface area contributed by atoms with E-state index in [1.807, 2.05) is 0 Å². The molecule has 1 aromatic carbocycles. The van der Waals surface area contributed by atoms with E-state index in [0.717, 1.165) is 0 Å². The number of thiocarbonyl (C=S) groups is 1. The van der Waals surface area contributed by atoms with Gasteiger partial charge in [0.05, 0.1) is 6.10 Å². The second kappa shape index (κ2) is 6.30. The predicted octanol–water partition coefficient (Wildman–Crippen LogP) is 1.50. The van der Waals surface area contributed by atoms with Gasteiger partial charge in [0.25, 0.3) is 0 Å². The molecular formula is C11H14BrNO2S. The lowest BCUT2D eigenvalue weighted by molar-refractivity contribution is 0.0173. The van der Waals surface area contributed by atoms with Crippen LogP contribution in [-0.2, 0) is 0 Å². The molecule has 0 aliphatic carbocycles. The highest BCUT2D eigenvalue weighted by molar-refractivity contribution is 9.09. The fourth-order valence-corrected chi connectivity index (χ4v) is 1.96. The van der Waals surface area contributed by atoms with Crippen molar-refractivity contribution in [2.45, 2.75) is 18.6 Å². The summed E-state index contributed by atoms with van der Waals surface area (Å²) < 4.78 is 0. The summed E-state index contributed by atoms with van der Waals surface area (Å²) in [5.41, 5.74) is 6.81. The Labute approximate surface area is 108 Å². The zero-order valence-corrected chi connectivity index (χ0v) is 11.0. The van der Waals surface area contributed by atoms with Gasteiger partial charge in [-0.1, -0.05) is 46.3 Å². The average molecular weight is 304 g/mol. The number of halogens is 1. The second-order valence-corrected chi connectivity index (χ2v) is 4.71. The minimum atomic E-state index is -0.910. The van der Waals surface area contributed by atoms with Gasteiger partial charge in [0.15, 0.2) is 0 Å². The van der Waals surface area contributed by atoms with E-state index in [4.69, 9.17) is 18.0 Å². The number of aliphatic hydroxyl groups is 2. The highest BCUT2D eigenvalue weighted by Crippen LogP contribution is 2.20. The van der Waals surface area contributed by atoms with Crippen LogP contribution in [0.3, 0.4) is 0 Å². The number of rotatable bonds is 5. The maximum Gasteiger partial charge on any atom is 0.105 e. The van der Waals surface area contributed by atoms with Crippen molar-refractivity contribution in [2.75, 3.05) is 5.33 Å². The van der Waals surface area contributed by atoms with Crippen LogP contribution in [0.5, 0.6) is 0 Å². The average Bonchev–Trinajstić information content (AvgIpc) is 2.28. The van der Waals surface area contributed by atoms with Gasteiger partial charge in [0.1, 0.15) is 11.1 Å². The summed E-state index contributed by atoms with van der Waals surface area (Å²) in [5, 5.41) is 20.2. The van der Waals surface area contributed by atoms with Gasteiger partial charge in [0.2, 0.25) is 0 Å². The van der Waals surface area contributed by atoms with Crippen molar-refractivity contribution in [2.24, 2.45) is 5.73 Å². The van der Waals surface area contributed by atoms with E-state index in [2.05, 4.69) is 15.9 Å². The van der Waals surface area contributed by atoms with Gasteiger partial charge in [0, 0.05) is 10.9 Å². The minimum absolute atomic E-state index is 0.282. The molecule has 0 fully saturated rings. The van der Waals surface area contributed by atoms with E-state index >= 15 is 0 Å². The van der Waals surface area contributed by atoms with E-state index in [1.165, 1.54) is 0 Å². The first-order valence-electron chi connectivity index (χ1n) is 4.88. The predicted molar refractivity (Wildman–Crippen MR) is 71.7 cm³/mol. The number of aliphatic hydroxyl groups excluding tert-OH is 2. The van der Waals surface area contributed by atoms with Crippen molar-refractivity contribution in [3.63, 3.8) is 0 Å². The van der Waals surface area contributed by atoms with Crippen molar-refractivity contribution in [3.8, 4) is 0 Å². The first kappa shape index (κ1) is 13.6. The van der Waals surface area contributed by atoms with Crippen molar-refractivity contribution in [3.05, 3.63) is 35.4 Å². The summed E-state index contributed by atoms with van der Waals surface area (Å²) in [6, 6.07) is 6.97. The maximum absolute atomic E-state index is 9.87. The first-order chi connectivity index (χ1) is 7.56. The second-order valence-electron chi connectivity index (χ2n) is 3.48. The molecule has 0 spiro atoms. The van der Waals surface area contributed by atoms with Crippen molar-refractivity contribution in [1.29, 1.82) is 0 Å². The molecule has 4 N–H and O–H groups in total. The topological polar surface area (TPSA) is 66.5 Å². The molecule has 1 aromatic rings. The lowest BCUT2D eigenvalue weighted by Gasteiger charge is -2.17. The van der Waals surface area contributed by atoms with Crippen LogP contribution in [0.2, 0.25) is 0 Å². The largest absolute Gasteiger partial charge is 0.390 e. The van der Waals surface area contributed by atoms with Crippen LogP contribution in [-0.4, -0.2) is 26.6 Å². The van der Waals surface area contributed by atoms with Crippen LogP contribution >= 0.6 is 28.1 Å². The molecule has 0 aliphatic heterocycles. The standard InChI is InChI=1S/C11H14BrNO2S/c12-5-4-9(14)10(15)7-2-1-3-8(6-7)11(13)16/h1-3,6,9-10,14-15H,4-5H2,(H2,13,16). The molecule has 3 nitrogen and oxygen atoms in total. The highest BCUT2D eigenvalue weighted by Gasteiger charge is 2.17. The van der Waals surface area contributed by atoms with Crippen molar-refractivity contribution in [1.82, 2.24) is 0 Å². The van der Waals surface area contributed by atoms with E-state index in [1.54, 1.807) is 24.3 Å². The van der Waals surface area contributed by atoms with Crippen molar-refractivity contribution >= 4 is 33.1 Å². The summed E-state index contributed by atoms with van der Waals surface area (Å²) in [5.74, 6) is 0. The Bertz CT molecular complexity index is 373. The Morgan fingerprint density at radius 1 is 1.44 bits per heavy atom. The molecule has 5 heteroatoms. The number of alkyl halides is 1. The maximum atomic E-state index is 9.87. The molecule has 2 unspecified atom stereocenters. The molecule has 2 atom stereocenters. The van der Waals surface area contributed by atoms with Crippen LogP contribution < -0.4 is 5.73 Å².